The van der Waals surface area contributed by atoms with Crippen LogP contribution in [0, 0.1) is 0 Å². The SMILES string of the molecule is COC1CCCC(Nc2ccc(S(=O)(=O)N(C)C)cc2)C1. The molecule has 2 atom stereocenters. The molecule has 1 saturated carbocycles. The summed E-state index contributed by atoms with van der Waals surface area (Å²) in [6.07, 6.45) is 4.72. The summed E-state index contributed by atoms with van der Waals surface area (Å²) < 4.78 is 30.7. The highest BCUT2D eigenvalue weighted by Crippen LogP contribution is 2.24. The van der Waals surface area contributed by atoms with Crippen molar-refractivity contribution in [2.45, 2.75) is 42.7 Å². The normalized spacial score (nSPS) is 23.2. The standard InChI is InChI=1S/C15H24N2O3S/c1-17(2)21(18,19)15-9-7-12(8-10-15)16-13-5-4-6-14(11-13)20-3/h7-10,13-14,16H,4-6,11H2,1-3H3. The summed E-state index contributed by atoms with van der Waals surface area (Å²) in [5.41, 5.74) is 0.953. The maximum atomic E-state index is 12.0. The summed E-state index contributed by atoms with van der Waals surface area (Å²) in [4.78, 5) is 0.316. The zero-order valence-corrected chi connectivity index (χ0v) is 13.7. The van der Waals surface area contributed by atoms with Crippen molar-refractivity contribution in [1.29, 1.82) is 0 Å². The van der Waals surface area contributed by atoms with Crippen LogP contribution in [0.3, 0.4) is 0 Å². The molecule has 1 aliphatic carbocycles. The Hall–Kier alpha value is -1.11. The average molecular weight is 312 g/mol. The third kappa shape index (κ3) is 3.96. The van der Waals surface area contributed by atoms with E-state index in [0.717, 1.165) is 31.4 Å². The van der Waals surface area contributed by atoms with Gasteiger partial charge in [-0.15, -0.1) is 0 Å². The molecule has 1 aromatic rings. The van der Waals surface area contributed by atoms with Crippen molar-refractivity contribution in [1.82, 2.24) is 4.31 Å². The van der Waals surface area contributed by atoms with E-state index in [9.17, 15) is 8.42 Å². The minimum absolute atomic E-state index is 0.316. The van der Waals surface area contributed by atoms with E-state index in [-0.39, 0.29) is 0 Å². The molecular weight excluding hydrogens is 288 g/mol. The first-order chi connectivity index (χ1) is 9.93. The number of methoxy groups -OCH3 is 1. The van der Waals surface area contributed by atoms with Gasteiger partial charge in [0, 0.05) is 32.9 Å². The molecule has 21 heavy (non-hydrogen) atoms. The maximum Gasteiger partial charge on any atom is 0.242 e. The molecule has 0 aromatic heterocycles. The lowest BCUT2D eigenvalue weighted by molar-refractivity contribution is 0.0669. The lowest BCUT2D eigenvalue weighted by Crippen LogP contribution is -2.31. The quantitative estimate of drug-likeness (QED) is 0.906. The highest BCUT2D eigenvalue weighted by molar-refractivity contribution is 7.89. The van der Waals surface area contributed by atoms with Crippen LogP contribution in [0.4, 0.5) is 5.69 Å². The maximum absolute atomic E-state index is 12.0. The molecule has 2 rings (SSSR count). The van der Waals surface area contributed by atoms with Gasteiger partial charge < -0.3 is 10.1 Å². The number of ether oxygens (including phenoxy) is 1. The molecule has 0 heterocycles. The number of hydrogen-bond donors (Lipinski definition) is 1. The van der Waals surface area contributed by atoms with E-state index in [2.05, 4.69) is 5.32 Å². The molecule has 5 nitrogen and oxygen atoms in total. The van der Waals surface area contributed by atoms with Gasteiger partial charge in [-0.1, -0.05) is 0 Å². The smallest absolute Gasteiger partial charge is 0.242 e. The van der Waals surface area contributed by atoms with Gasteiger partial charge in [0.05, 0.1) is 11.0 Å². The monoisotopic (exact) mass is 312 g/mol. The van der Waals surface area contributed by atoms with Crippen LogP contribution in [-0.4, -0.2) is 46.1 Å². The second-order valence-corrected chi connectivity index (χ2v) is 7.83. The third-order valence-electron chi connectivity index (χ3n) is 3.96. The van der Waals surface area contributed by atoms with Gasteiger partial charge in [0.2, 0.25) is 10.0 Å². The lowest BCUT2D eigenvalue weighted by atomic mass is 9.92. The van der Waals surface area contributed by atoms with E-state index in [1.807, 2.05) is 12.1 Å². The summed E-state index contributed by atoms with van der Waals surface area (Å²) in [5.74, 6) is 0. The van der Waals surface area contributed by atoms with Crippen LogP contribution < -0.4 is 5.32 Å². The van der Waals surface area contributed by atoms with Crippen molar-refractivity contribution in [3.8, 4) is 0 Å². The number of benzene rings is 1. The summed E-state index contributed by atoms with van der Waals surface area (Å²) in [6, 6.07) is 7.34. The first-order valence-corrected chi connectivity index (χ1v) is 8.69. The van der Waals surface area contributed by atoms with Gasteiger partial charge in [-0.3, -0.25) is 0 Å². The Morgan fingerprint density at radius 1 is 1.19 bits per heavy atom. The zero-order valence-electron chi connectivity index (χ0n) is 12.9. The number of nitrogens with one attached hydrogen (secondary N) is 1. The average Bonchev–Trinajstić information content (AvgIpc) is 2.48. The Kier molecular flexibility index (Phi) is 5.24. The zero-order chi connectivity index (χ0) is 15.5. The predicted molar refractivity (Wildman–Crippen MR) is 84.0 cm³/mol. The highest BCUT2D eigenvalue weighted by atomic mass is 32.2. The number of anilines is 1. The Morgan fingerprint density at radius 2 is 1.86 bits per heavy atom. The van der Waals surface area contributed by atoms with Crippen LogP contribution in [0.2, 0.25) is 0 Å². The van der Waals surface area contributed by atoms with Crippen molar-refractivity contribution >= 4 is 15.7 Å². The first-order valence-electron chi connectivity index (χ1n) is 7.25. The van der Waals surface area contributed by atoms with Gasteiger partial charge >= 0.3 is 0 Å². The van der Waals surface area contributed by atoms with Crippen LogP contribution in [0.5, 0.6) is 0 Å². The third-order valence-corrected chi connectivity index (χ3v) is 5.79. The molecule has 1 N–H and O–H groups in total. The van der Waals surface area contributed by atoms with Crippen molar-refractivity contribution < 1.29 is 13.2 Å². The topological polar surface area (TPSA) is 58.6 Å². The van der Waals surface area contributed by atoms with Gasteiger partial charge in [0.1, 0.15) is 0 Å². The number of rotatable bonds is 5. The fraction of sp³-hybridized carbons (Fsp3) is 0.600. The first kappa shape index (κ1) is 16.3. The number of sulfonamides is 1. The lowest BCUT2D eigenvalue weighted by Gasteiger charge is -2.29. The van der Waals surface area contributed by atoms with Crippen LogP contribution >= 0.6 is 0 Å². The largest absolute Gasteiger partial charge is 0.382 e. The second-order valence-electron chi connectivity index (χ2n) is 5.68. The van der Waals surface area contributed by atoms with Gasteiger partial charge in [0.15, 0.2) is 0 Å². The molecule has 0 bridgehead atoms. The van der Waals surface area contributed by atoms with Crippen molar-refractivity contribution in [2.75, 3.05) is 26.5 Å². The van der Waals surface area contributed by atoms with Gasteiger partial charge in [-0.05, 0) is 49.9 Å². The molecule has 118 valence electrons. The van der Waals surface area contributed by atoms with Crippen LogP contribution in [-0.2, 0) is 14.8 Å². The van der Waals surface area contributed by atoms with E-state index in [0.29, 0.717) is 17.0 Å². The Bertz CT molecular complexity index is 555. The Balaban J connectivity index is 2.03. The van der Waals surface area contributed by atoms with E-state index in [1.54, 1.807) is 19.2 Å². The molecule has 0 amide bonds. The molecule has 0 spiro atoms. The summed E-state index contributed by atoms with van der Waals surface area (Å²) in [5, 5.41) is 3.46. The van der Waals surface area contributed by atoms with Crippen molar-refractivity contribution in [2.24, 2.45) is 0 Å². The van der Waals surface area contributed by atoms with Crippen LogP contribution in [0.15, 0.2) is 29.2 Å². The van der Waals surface area contributed by atoms with E-state index >= 15 is 0 Å². The minimum atomic E-state index is -3.35. The molecule has 1 fully saturated rings. The molecule has 1 aromatic carbocycles. The van der Waals surface area contributed by atoms with Crippen molar-refractivity contribution in [3.63, 3.8) is 0 Å². The summed E-state index contributed by atoms with van der Waals surface area (Å²) in [7, 11) is 1.48. The minimum Gasteiger partial charge on any atom is -0.382 e. The molecule has 0 saturated heterocycles. The van der Waals surface area contributed by atoms with E-state index in [1.165, 1.54) is 18.4 Å². The molecule has 2 unspecified atom stereocenters. The van der Waals surface area contributed by atoms with E-state index in [4.69, 9.17) is 4.74 Å². The van der Waals surface area contributed by atoms with Crippen LogP contribution in [0.1, 0.15) is 25.7 Å². The molecular formula is C15H24N2O3S. The predicted octanol–water partition coefficient (Wildman–Crippen LogP) is 2.31. The summed E-state index contributed by atoms with van der Waals surface area (Å²) >= 11 is 0. The Labute approximate surface area is 127 Å². The molecule has 1 aliphatic rings. The highest BCUT2D eigenvalue weighted by Gasteiger charge is 2.22. The fourth-order valence-electron chi connectivity index (χ4n) is 2.66. The van der Waals surface area contributed by atoms with E-state index < -0.39 is 10.0 Å². The van der Waals surface area contributed by atoms with Gasteiger partial charge in [0.25, 0.3) is 0 Å². The van der Waals surface area contributed by atoms with Crippen molar-refractivity contribution in [3.05, 3.63) is 24.3 Å². The van der Waals surface area contributed by atoms with Gasteiger partial charge in [-0.2, -0.15) is 0 Å². The Morgan fingerprint density at radius 3 is 2.43 bits per heavy atom. The number of nitrogens with zero attached hydrogens (tertiary/aromatic N) is 1. The second kappa shape index (κ2) is 6.77. The molecule has 0 aliphatic heterocycles. The fourth-order valence-corrected chi connectivity index (χ4v) is 3.56. The number of hydrogen-bond acceptors (Lipinski definition) is 4. The summed E-state index contributed by atoms with van der Waals surface area (Å²) in [6.45, 7) is 0. The van der Waals surface area contributed by atoms with Crippen LogP contribution in [0.25, 0.3) is 0 Å². The molecule has 6 heteroatoms. The molecule has 0 radical (unpaired) electrons. The van der Waals surface area contributed by atoms with Gasteiger partial charge in [-0.25, -0.2) is 12.7 Å².